The Balaban J connectivity index is 1.83. The van der Waals surface area contributed by atoms with E-state index >= 15 is 0 Å². The first-order valence-electron chi connectivity index (χ1n) is 7.50. The molecular formula is C15H24N4O. The smallest absolute Gasteiger partial charge is 0.224 e. The van der Waals surface area contributed by atoms with Gasteiger partial charge >= 0.3 is 0 Å². The van der Waals surface area contributed by atoms with Crippen LogP contribution in [0.15, 0.2) is 18.3 Å². The zero-order valence-corrected chi connectivity index (χ0v) is 12.0. The number of hydrogen-bond acceptors (Lipinski definition) is 4. The number of aromatic nitrogens is 1. The first-order valence-corrected chi connectivity index (χ1v) is 7.50. The van der Waals surface area contributed by atoms with E-state index < -0.39 is 0 Å². The third kappa shape index (κ3) is 4.49. The van der Waals surface area contributed by atoms with Crippen LogP contribution in [0.1, 0.15) is 38.5 Å². The Bertz CT molecular complexity index is 412. The Morgan fingerprint density at radius 2 is 2.05 bits per heavy atom. The molecule has 0 aromatic carbocycles. The lowest BCUT2D eigenvalue weighted by atomic mass is 10.1. The molecule has 3 N–H and O–H groups in total. The van der Waals surface area contributed by atoms with E-state index in [9.17, 15) is 4.79 Å². The minimum Gasteiger partial charge on any atom is -0.357 e. The lowest BCUT2D eigenvalue weighted by molar-refractivity contribution is -0.116. The number of rotatable bonds is 6. The maximum atomic E-state index is 11.7. The number of amides is 1. The molecule has 1 aliphatic rings. The van der Waals surface area contributed by atoms with Crippen LogP contribution in [0.3, 0.4) is 0 Å². The van der Waals surface area contributed by atoms with Gasteiger partial charge in [0.1, 0.15) is 5.82 Å². The van der Waals surface area contributed by atoms with Gasteiger partial charge in [-0.05, 0) is 50.8 Å². The van der Waals surface area contributed by atoms with Gasteiger partial charge in [0.05, 0.1) is 11.9 Å². The van der Waals surface area contributed by atoms with Gasteiger partial charge in [-0.25, -0.2) is 4.98 Å². The number of carbonyl (C=O) groups is 1. The van der Waals surface area contributed by atoms with E-state index in [4.69, 9.17) is 5.73 Å². The molecule has 1 aromatic rings. The standard InChI is InChI=1S/C15H24N4O/c16-9-3-2-6-15(20)18-13-7-8-14(17-12-13)19-10-4-1-5-11-19/h7-8,12H,1-6,9-11,16H2,(H,18,20). The minimum absolute atomic E-state index is 0.0333. The van der Waals surface area contributed by atoms with Gasteiger partial charge in [0.2, 0.25) is 5.91 Å². The molecule has 1 aliphatic heterocycles. The number of carbonyl (C=O) groups excluding carboxylic acids is 1. The fraction of sp³-hybridized carbons (Fsp3) is 0.600. The monoisotopic (exact) mass is 276 g/mol. The molecule has 1 aromatic heterocycles. The molecule has 0 aliphatic carbocycles. The van der Waals surface area contributed by atoms with Crippen molar-refractivity contribution in [2.45, 2.75) is 38.5 Å². The summed E-state index contributed by atoms with van der Waals surface area (Å²) in [6, 6.07) is 3.92. The summed E-state index contributed by atoms with van der Waals surface area (Å²) in [6.07, 6.45) is 7.77. The second-order valence-corrected chi connectivity index (χ2v) is 5.25. The molecular weight excluding hydrogens is 252 g/mol. The van der Waals surface area contributed by atoms with E-state index in [1.165, 1.54) is 19.3 Å². The van der Waals surface area contributed by atoms with Crippen LogP contribution in [-0.2, 0) is 4.79 Å². The minimum atomic E-state index is 0.0333. The maximum absolute atomic E-state index is 11.7. The van der Waals surface area contributed by atoms with Crippen molar-refractivity contribution in [1.29, 1.82) is 0 Å². The molecule has 2 heterocycles. The number of piperidine rings is 1. The zero-order valence-electron chi connectivity index (χ0n) is 12.0. The van der Waals surface area contributed by atoms with Crippen molar-refractivity contribution in [3.8, 4) is 0 Å². The Hall–Kier alpha value is -1.62. The van der Waals surface area contributed by atoms with Crippen LogP contribution < -0.4 is 16.0 Å². The highest BCUT2D eigenvalue weighted by atomic mass is 16.1. The predicted molar refractivity (Wildman–Crippen MR) is 81.8 cm³/mol. The molecule has 0 atom stereocenters. The highest BCUT2D eigenvalue weighted by Crippen LogP contribution is 2.19. The number of anilines is 2. The lowest BCUT2D eigenvalue weighted by Gasteiger charge is -2.27. The SMILES string of the molecule is NCCCCC(=O)Nc1ccc(N2CCCCC2)nc1. The molecule has 0 spiro atoms. The number of hydrogen-bond donors (Lipinski definition) is 2. The van der Waals surface area contributed by atoms with Crippen LogP contribution in [0.2, 0.25) is 0 Å². The highest BCUT2D eigenvalue weighted by Gasteiger charge is 2.11. The molecule has 0 unspecified atom stereocenters. The highest BCUT2D eigenvalue weighted by molar-refractivity contribution is 5.90. The maximum Gasteiger partial charge on any atom is 0.224 e. The Morgan fingerprint density at radius 3 is 2.70 bits per heavy atom. The van der Waals surface area contributed by atoms with E-state index in [-0.39, 0.29) is 5.91 Å². The van der Waals surface area contributed by atoms with Gasteiger partial charge in [0.15, 0.2) is 0 Å². The number of pyridine rings is 1. The predicted octanol–water partition coefficient (Wildman–Crippen LogP) is 2.14. The van der Waals surface area contributed by atoms with Crippen LogP contribution in [0.4, 0.5) is 11.5 Å². The Morgan fingerprint density at radius 1 is 1.25 bits per heavy atom. The molecule has 0 saturated carbocycles. The number of nitrogens with one attached hydrogen (secondary N) is 1. The van der Waals surface area contributed by atoms with Crippen molar-refractivity contribution >= 4 is 17.4 Å². The van der Waals surface area contributed by atoms with Crippen LogP contribution in [0.5, 0.6) is 0 Å². The van der Waals surface area contributed by atoms with Crippen LogP contribution >= 0.6 is 0 Å². The molecule has 1 saturated heterocycles. The van der Waals surface area contributed by atoms with Crippen molar-refractivity contribution in [2.75, 3.05) is 29.9 Å². The van der Waals surface area contributed by atoms with E-state index in [0.717, 1.165) is 37.4 Å². The summed E-state index contributed by atoms with van der Waals surface area (Å²) < 4.78 is 0. The topological polar surface area (TPSA) is 71.2 Å². The fourth-order valence-corrected chi connectivity index (χ4v) is 2.42. The normalized spacial score (nSPS) is 15.2. The second kappa shape index (κ2) is 7.85. The van der Waals surface area contributed by atoms with Crippen molar-refractivity contribution in [1.82, 2.24) is 4.98 Å². The number of unbranched alkanes of at least 4 members (excludes halogenated alkanes) is 1. The van der Waals surface area contributed by atoms with Crippen molar-refractivity contribution in [2.24, 2.45) is 5.73 Å². The second-order valence-electron chi connectivity index (χ2n) is 5.25. The van der Waals surface area contributed by atoms with Crippen molar-refractivity contribution in [3.63, 3.8) is 0 Å². The van der Waals surface area contributed by atoms with Crippen LogP contribution in [0, 0.1) is 0 Å². The third-order valence-electron chi connectivity index (χ3n) is 3.57. The summed E-state index contributed by atoms with van der Waals surface area (Å²) in [4.78, 5) is 18.4. The van der Waals surface area contributed by atoms with E-state index in [1.54, 1.807) is 6.20 Å². The summed E-state index contributed by atoms with van der Waals surface area (Å²) in [7, 11) is 0. The van der Waals surface area contributed by atoms with Gasteiger partial charge in [0, 0.05) is 19.5 Å². The van der Waals surface area contributed by atoms with E-state index in [1.807, 2.05) is 12.1 Å². The van der Waals surface area contributed by atoms with Gasteiger partial charge in [0.25, 0.3) is 0 Å². The van der Waals surface area contributed by atoms with Gasteiger partial charge in [-0.3, -0.25) is 4.79 Å². The lowest BCUT2D eigenvalue weighted by Crippen LogP contribution is -2.30. The molecule has 20 heavy (non-hydrogen) atoms. The van der Waals surface area contributed by atoms with E-state index in [0.29, 0.717) is 13.0 Å². The Kier molecular flexibility index (Phi) is 5.80. The summed E-state index contributed by atoms with van der Waals surface area (Å²) in [5.41, 5.74) is 6.18. The summed E-state index contributed by atoms with van der Waals surface area (Å²) >= 11 is 0. The van der Waals surface area contributed by atoms with Crippen LogP contribution in [-0.4, -0.2) is 30.5 Å². The quantitative estimate of drug-likeness (QED) is 0.781. The zero-order chi connectivity index (χ0) is 14.2. The average molecular weight is 276 g/mol. The molecule has 1 fully saturated rings. The first-order chi connectivity index (χ1) is 9.79. The molecule has 5 heteroatoms. The number of nitrogens with zero attached hydrogens (tertiary/aromatic N) is 2. The molecule has 5 nitrogen and oxygen atoms in total. The summed E-state index contributed by atoms with van der Waals surface area (Å²) in [5, 5.41) is 2.87. The molecule has 110 valence electrons. The van der Waals surface area contributed by atoms with Gasteiger partial charge in [-0.2, -0.15) is 0 Å². The average Bonchev–Trinajstić information content (AvgIpc) is 2.49. The summed E-state index contributed by atoms with van der Waals surface area (Å²) in [5.74, 6) is 1.04. The van der Waals surface area contributed by atoms with E-state index in [2.05, 4.69) is 15.2 Å². The van der Waals surface area contributed by atoms with Gasteiger partial charge in [-0.15, -0.1) is 0 Å². The van der Waals surface area contributed by atoms with Crippen molar-refractivity contribution in [3.05, 3.63) is 18.3 Å². The molecule has 1 amide bonds. The third-order valence-corrected chi connectivity index (χ3v) is 3.57. The van der Waals surface area contributed by atoms with Gasteiger partial charge in [-0.1, -0.05) is 0 Å². The first kappa shape index (κ1) is 14.8. The van der Waals surface area contributed by atoms with Crippen LogP contribution in [0.25, 0.3) is 0 Å². The molecule has 2 rings (SSSR count). The van der Waals surface area contributed by atoms with Crippen molar-refractivity contribution < 1.29 is 4.79 Å². The van der Waals surface area contributed by atoms with Gasteiger partial charge < -0.3 is 16.0 Å². The number of nitrogens with two attached hydrogens (primary N) is 1. The molecule has 0 radical (unpaired) electrons. The summed E-state index contributed by atoms with van der Waals surface area (Å²) in [6.45, 7) is 2.80. The fourth-order valence-electron chi connectivity index (χ4n) is 2.42. The Labute approximate surface area is 120 Å². The largest absolute Gasteiger partial charge is 0.357 e. The molecule has 0 bridgehead atoms.